The van der Waals surface area contributed by atoms with Crippen molar-refractivity contribution in [1.29, 1.82) is 5.26 Å². The fraction of sp³-hybridized carbons (Fsp3) is 0.400. The molecule has 3 heterocycles. The molecule has 3 aromatic heterocycles. The maximum Gasteiger partial charge on any atom is 0.359 e. The molecule has 15 heteroatoms. The Hall–Kier alpha value is -5.26. The van der Waals surface area contributed by atoms with Crippen LogP contribution in [0.15, 0.2) is 47.5 Å². The van der Waals surface area contributed by atoms with E-state index in [1.165, 1.54) is 46.8 Å². The first-order valence-corrected chi connectivity index (χ1v) is 16.1. The third-order valence-electron chi connectivity index (χ3n) is 7.32. The summed E-state index contributed by atoms with van der Waals surface area (Å²) in [5, 5.41) is 17.7. The molecule has 1 aromatic carbocycles. The zero-order valence-electron chi connectivity index (χ0n) is 29.9. The highest BCUT2D eigenvalue weighted by molar-refractivity contribution is 6.30. The van der Waals surface area contributed by atoms with Gasteiger partial charge in [0.2, 0.25) is 18.2 Å². The Kier molecular flexibility index (Phi) is 13.3. The van der Waals surface area contributed by atoms with Crippen LogP contribution in [-0.2, 0) is 21.3 Å². The molecular weight excluding hydrogens is 664 g/mol. The molecule has 0 aliphatic carbocycles. The number of aromatic nitrogens is 5. The molecule has 0 bridgehead atoms. The standard InChI is InChI=1S/C30H31ClN8O5.C5H12O/c1-7-44-29(42)25-23(26(17(2)3)39(36-25)22-14-33-30(38(5)16-40)35-27(22)43-6)24(19-10-8-18(13-32)9-11-19)34-21-12-20(31)15-37(4)28(21)41;1-5(2,3)6-4/h8-12,14-17,24,34H,7H2,1-6H3;1-4H3. The second-order valence-corrected chi connectivity index (χ2v) is 12.8. The predicted octanol–water partition coefficient (Wildman–Crippen LogP) is 5.42. The van der Waals surface area contributed by atoms with Crippen molar-refractivity contribution in [3.05, 3.63) is 86.2 Å². The third kappa shape index (κ3) is 9.25. The van der Waals surface area contributed by atoms with Crippen molar-refractivity contribution in [1.82, 2.24) is 24.3 Å². The van der Waals surface area contributed by atoms with Crippen LogP contribution >= 0.6 is 11.6 Å². The molecule has 50 heavy (non-hydrogen) atoms. The van der Waals surface area contributed by atoms with Crippen LogP contribution < -0.4 is 20.5 Å². The van der Waals surface area contributed by atoms with Gasteiger partial charge in [0.1, 0.15) is 11.4 Å². The minimum Gasteiger partial charge on any atom is -0.479 e. The van der Waals surface area contributed by atoms with Gasteiger partial charge in [-0.3, -0.25) is 14.5 Å². The van der Waals surface area contributed by atoms with Crippen LogP contribution in [0.3, 0.4) is 0 Å². The zero-order chi connectivity index (χ0) is 37.3. The lowest BCUT2D eigenvalue weighted by Gasteiger charge is -2.24. The minimum atomic E-state index is -0.841. The van der Waals surface area contributed by atoms with Gasteiger partial charge in [0.05, 0.1) is 53.9 Å². The van der Waals surface area contributed by atoms with Crippen molar-refractivity contribution in [3.8, 4) is 17.6 Å². The van der Waals surface area contributed by atoms with E-state index in [-0.39, 0.29) is 46.9 Å². The highest BCUT2D eigenvalue weighted by Gasteiger charge is 2.34. The van der Waals surface area contributed by atoms with Gasteiger partial charge in [0, 0.05) is 33.0 Å². The molecule has 4 rings (SSSR count). The van der Waals surface area contributed by atoms with Gasteiger partial charge >= 0.3 is 5.97 Å². The molecule has 4 aromatic rings. The molecule has 266 valence electrons. The van der Waals surface area contributed by atoms with E-state index in [4.69, 9.17) is 30.9 Å². The molecular formula is C35H43ClN8O6. The van der Waals surface area contributed by atoms with E-state index in [1.54, 1.807) is 45.3 Å². The van der Waals surface area contributed by atoms with Crippen LogP contribution in [0, 0.1) is 11.3 Å². The Bertz CT molecular complexity index is 1910. The van der Waals surface area contributed by atoms with Gasteiger partial charge in [-0.05, 0) is 57.4 Å². The maximum absolute atomic E-state index is 13.5. The molecule has 0 aliphatic heterocycles. The second kappa shape index (κ2) is 16.9. The van der Waals surface area contributed by atoms with Gasteiger partial charge in [-0.25, -0.2) is 14.5 Å². The Morgan fingerprint density at radius 3 is 2.36 bits per heavy atom. The molecule has 0 saturated heterocycles. The number of esters is 1. The Morgan fingerprint density at radius 2 is 1.84 bits per heavy atom. The fourth-order valence-corrected chi connectivity index (χ4v) is 4.94. The molecule has 0 aliphatic rings. The average molecular weight is 707 g/mol. The summed E-state index contributed by atoms with van der Waals surface area (Å²) in [7, 11) is 6.20. The van der Waals surface area contributed by atoms with Gasteiger partial charge < -0.3 is 24.1 Å². The first-order chi connectivity index (χ1) is 23.6. The summed E-state index contributed by atoms with van der Waals surface area (Å²) in [4.78, 5) is 47.9. The third-order valence-corrected chi connectivity index (χ3v) is 7.52. The Morgan fingerprint density at radius 1 is 1.20 bits per heavy atom. The number of carbonyl (C=O) groups excluding carboxylic acids is 2. The van der Waals surface area contributed by atoms with Crippen LogP contribution in [0.4, 0.5) is 11.6 Å². The van der Waals surface area contributed by atoms with Gasteiger partial charge in [-0.2, -0.15) is 15.3 Å². The maximum atomic E-state index is 13.5. The number of hydrogen-bond donors (Lipinski definition) is 1. The number of rotatable bonds is 11. The number of methoxy groups -OCH3 is 2. The summed E-state index contributed by atoms with van der Waals surface area (Å²) < 4.78 is 18.8. The van der Waals surface area contributed by atoms with Crippen LogP contribution in [0.2, 0.25) is 5.02 Å². The lowest BCUT2D eigenvalue weighted by molar-refractivity contribution is -0.107. The predicted molar refractivity (Wildman–Crippen MR) is 190 cm³/mol. The number of carbonyl (C=O) groups is 2. The highest BCUT2D eigenvalue weighted by Crippen LogP contribution is 2.38. The molecule has 1 unspecified atom stereocenters. The number of nitrogens with one attached hydrogen (secondary N) is 1. The van der Waals surface area contributed by atoms with E-state index in [0.29, 0.717) is 39.5 Å². The van der Waals surface area contributed by atoms with E-state index in [2.05, 4.69) is 21.4 Å². The topological polar surface area (TPSA) is 166 Å². The summed E-state index contributed by atoms with van der Waals surface area (Å²) in [6, 6.07) is 9.51. The van der Waals surface area contributed by atoms with Crippen molar-refractivity contribution in [3.63, 3.8) is 0 Å². The van der Waals surface area contributed by atoms with Crippen molar-refractivity contribution in [2.45, 2.75) is 59.1 Å². The van der Waals surface area contributed by atoms with Crippen molar-refractivity contribution >= 4 is 35.6 Å². The number of benzene rings is 1. The number of anilines is 2. The number of pyridine rings is 1. The Labute approximate surface area is 296 Å². The summed E-state index contributed by atoms with van der Waals surface area (Å²) >= 11 is 6.33. The smallest absolute Gasteiger partial charge is 0.359 e. The van der Waals surface area contributed by atoms with E-state index in [9.17, 15) is 19.6 Å². The first kappa shape index (κ1) is 39.2. The van der Waals surface area contributed by atoms with Crippen molar-refractivity contribution in [2.75, 3.05) is 38.1 Å². The summed E-state index contributed by atoms with van der Waals surface area (Å²) in [6.45, 7) is 11.7. The summed E-state index contributed by atoms with van der Waals surface area (Å²) in [6.07, 6.45) is 3.49. The van der Waals surface area contributed by atoms with Crippen LogP contribution in [0.5, 0.6) is 5.88 Å². The SMILES string of the molecule is CCOC(=O)c1nn(-c2cnc(N(C)C=O)nc2OC)c(C(C)C)c1C(Nc1cc(Cl)cn(C)c1=O)c1ccc(C#N)cc1.COC(C)(C)C. The van der Waals surface area contributed by atoms with Gasteiger partial charge in [0.15, 0.2) is 5.69 Å². The average Bonchev–Trinajstić information content (AvgIpc) is 3.49. The van der Waals surface area contributed by atoms with Crippen LogP contribution in [-0.4, -0.2) is 70.2 Å². The molecule has 0 spiro atoms. The number of hydrogen-bond acceptors (Lipinski definition) is 11. The number of ether oxygens (including phenoxy) is 3. The zero-order valence-corrected chi connectivity index (χ0v) is 30.7. The number of nitriles is 1. The van der Waals surface area contributed by atoms with Gasteiger partial charge in [-0.1, -0.05) is 37.6 Å². The van der Waals surface area contributed by atoms with Gasteiger partial charge in [-0.15, -0.1) is 0 Å². The first-order valence-electron chi connectivity index (χ1n) is 15.7. The molecule has 14 nitrogen and oxygen atoms in total. The molecule has 1 amide bonds. The number of amides is 1. The normalized spacial score (nSPS) is 11.6. The second-order valence-electron chi connectivity index (χ2n) is 12.3. The fourth-order valence-electron chi connectivity index (χ4n) is 4.68. The van der Waals surface area contributed by atoms with E-state index in [0.717, 1.165) is 0 Å². The van der Waals surface area contributed by atoms with Crippen molar-refractivity contribution < 1.29 is 23.8 Å². The number of nitrogens with zero attached hydrogens (tertiary/aromatic N) is 7. The highest BCUT2D eigenvalue weighted by atomic mass is 35.5. The Balaban J connectivity index is 0.00000103. The monoisotopic (exact) mass is 706 g/mol. The quantitative estimate of drug-likeness (QED) is 0.156. The molecule has 1 atom stereocenters. The summed E-state index contributed by atoms with van der Waals surface area (Å²) in [5.41, 5.74) is 2.18. The lowest BCUT2D eigenvalue weighted by atomic mass is 9.91. The van der Waals surface area contributed by atoms with E-state index < -0.39 is 12.0 Å². The number of halogens is 1. The molecule has 0 fully saturated rings. The molecule has 0 saturated carbocycles. The molecule has 1 N–H and O–H groups in total. The molecule has 0 radical (unpaired) electrons. The largest absolute Gasteiger partial charge is 0.479 e. The van der Waals surface area contributed by atoms with Crippen molar-refractivity contribution in [2.24, 2.45) is 7.05 Å². The minimum absolute atomic E-state index is 0.0209. The lowest BCUT2D eigenvalue weighted by Crippen LogP contribution is -2.25. The van der Waals surface area contributed by atoms with Crippen LogP contribution in [0.1, 0.15) is 86.4 Å². The van der Waals surface area contributed by atoms with E-state index in [1.807, 2.05) is 34.6 Å². The van der Waals surface area contributed by atoms with Gasteiger partial charge in [0.25, 0.3) is 5.56 Å². The van der Waals surface area contributed by atoms with Crippen LogP contribution in [0.25, 0.3) is 5.69 Å². The van der Waals surface area contributed by atoms with E-state index >= 15 is 0 Å². The summed E-state index contributed by atoms with van der Waals surface area (Å²) in [5.74, 6) is -0.757. The number of aryl methyl sites for hydroxylation is 1.